The highest BCUT2D eigenvalue weighted by Gasteiger charge is 2.44. The second kappa shape index (κ2) is 11.1. The molecule has 4 heterocycles. The van der Waals surface area contributed by atoms with Crippen LogP contribution in [0.15, 0.2) is 48.7 Å². The predicted molar refractivity (Wildman–Crippen MR) is 135 cm³/mol. The van der Waals surface area contributed by atoms with Gasteiger partial charge in [0.1, 0.15) is 5.75 Å². The molecular formula is C28H31F3N4O3. The smallest absolute Gasteiger partial charge is 0.406 e. The van der Waals surface area contributed by atoms with Crippen LogP contribution >= 0.6 is 0 Å². The molecule has 3 aliphatic rings. The fourth-order valence-corrected chi connectivity index (χ4v) is 5.59. The molecule has 3 fully saturated rings. The van der Waals surface area contributed by atoms with Crippen LogP contribution in [0.5, 0.6) is 5.75 Å². The first kappa shape index (κ1) is 26.2. The number of nitrogens with zero attached hydrogens (tertiary/aromatic N) is 4. The van der Waals surface area contributed by atoms with Gasteiger partial charge in [-0.1, -0.05) is 12.1 Å². The molecule has 202 valence electrons. The van der Waals surface area contributed by atoms with Gasteiger partial charge in [0.05, 0.1) is 11.6 Å². The number of rotatable bonds is 7. The molecule has 10 heteroatoms. The molecule has 2 amide bonds. The Balaban J connectivity index is 1.14. The molecule has 1 aromatic heterocycles. The van der Waals surface area contributed by atoms with E-state index < -0.39 is 6.36 Å². The van der Waals surface area contributed by atoms with Crippen LogP contribution in [0.4, 0.5) is 13.2 Å². The fraction of sp³-hybridized carbons (Fsp3) is 0.464. The molecule has 0 unspecified atom stereocenters. The van der Waals surface area contributed by atoms with Crippen molar-refractivity contribution in [2.24, 2.45) is 5.92 Å². The monoisotopic (exact) mass is 528 g/mol. The number of amides is 2. The third-order valence-electron chi connectivity index (χ3n) is 7.61. The Kier molecular flexibility index (Phi) is 7.69. The van der Waals surface area contributed by atoms with Crippen LogP contribution in [0.3, 0.4) is 0 Å². The van der Waals surface area contributed by atoms with E-state index in [1.807, 2.05) is 17.0 Å². The summed E-state index contributed by atoms with van der Waals surface area (Å²) in [4.78, 5) is 36.6. The lowest BCUT2D eigenvalue weighted by Gasteiger charge is -2.24. The van der Waals surface area contributed by atoms with Gasteiger partial charge in [0.25, 0.3) is 5.91 Å². The number of halogens is 3. The zero-order valence-corrected chi connectivity index (χ0v) is 21.1. The minimum absolute atomic E-state index is 0.0338. The zero-order valence-electron chi connectivity index (χ0n) is 21.1. The van der Waals surface area contributed by atoms with Gasteiger partial charge in [-0.05, 0) is 68.3 Å². The summed E-state index contributed by atoms with van der Waals surface area (Å²) < 4.78 is 40.8. The van der Waals surface area contributed by atoms with Crippen LogP contribution in [-0.2, 0) is 11.2 Å². The molecule has 2 aromatic rings. The van der Waals surface area contributed by atoms with Crippen molar-refractivity contribution in [2.75, 3.05) is 39.3 Å². The normalized spacial score (nSPS) is 21.9. The average molecular weight is 529 g/mol. The molecule has 0 bridgehead atoms. The molecule has 0 aliphatic carbocycles. The lowest BCUT2D eigenvalue weighted by atomic mass is 10.0. The van der Waals surface area contributed by atoms with E-state index in [0.717, 1.165) is 38.2 Å². The quantitative estimate of drug-likeness (QED) is 0.509. The first-order valence-corrected chi connectivity index (χ1v) is 13.1. The Morgan fingerprint density at radius 1 is 1.03 bits per heavy atom. The molecule has 0 saturated carbocycles. The SMILES string of the molecule is O=C(/C=C/c1ccc(OC(F)(F)F)cc1)N1C[C@@H]2CCN(C(=O)c3ccc(CCN4CCCC4)nc3)[C@@H]2C1. The maximum atomic E-state index is 13.2. The topological polar surface area (TPSA) is 66.0 Å². The number of likely N-dealkylation sites (tertiary alicyclic amines) is 3. The number of benzene rings is 1. The number of hydrogen-bond acceptors (Lipinski definition) is 5. The van der Waals surface area contributed by atoms with Gasteiger partial charge in [-0.3, -0.25) is 14.6 Å². The van der Waals surface area contributed by atoms with E-state index in [0.29, 0.717) is 30.8 Å². The number of pyridine rings is 1. The Morgan fingerprint density at radius 2 is 1.79 bits per heavy atom. The average Bonchev–Trinajstić information content (AvgIpc) is 3.64. The third-order valence-corrected chi connectivity index (χ3v) is 7.61. The van der Waals surface area contributed by atoms with E-state index in [2.05, 4.69) is 14.6 Å². The molecule has 38 heavy (non-hydrogen) atoms. The maximum Gasteiger partial charge on any atom is 0.573 e. The van der Waals surface area contributed by atoms with E-state index in [1.54, 1.807) is 17.2 Å². The molecule has 0 N–H and O–H groups in total. The van der Waals surface area contributed by atoms with Crippen molar-refractivity contribution >= 4 is 17.9 Å². The van der Waals surface area contributed by atoms with Crippen LogP contribution in [0.2, 0.25) is 0 Å². The first-order chi connectivity index (χ1) is 18.2. The number of ether oxygens (including phenoxy) is 1. The van der Waals surface area contributed by atoms with Gasteiger partial charge in [-0.25, -0.2) is 0 Å². The van der Waals surface area contributed by atoms with Crippen LogP contribution in [0.1, 0.15) is 40.9 Å². The molecule has 3 saturated heterocycles. The summed E-state index contributed by atoms with van der Waals surface area (Å²) in [6.45, 7) is 4.99. The Labute approximate surface area is 219 Å². The lowest BCUT2D eigenvalue weighted by molar-refractivity contribution is -0.274. The molecule has 7 nitrogen and oxygen atoms in total. The van der Waals surface area contributed by atoms with E-state index >= 15 is 0 Å². The maximum absolute atomic E-state index is 13.2. The van der Waals surface area contributed by atoms with Gasteiger partial charge in [-0.2, -0.15) is 0 Å². The molecule has 3 aliphatic heterocycles. The summed E-state index contributed by atoms with van der Waals surface area (Å²) in [7, 11) is 0. The summed E-state index contributed by atoms with van der Waals surface area (Å²) in [6, 6.07) is 9.08. The standard InChI is InChI=1S/C28H31F3N4O3/c29-28(30,31)38-24-8-3-20(4-9-24)5-10-26(36)34-18-22-11-16-35(25(22)19-34)27(37)21-6-7-23(32-17-21)12-15-33-13-1-2-14-33/h3-10,17,22,25H,1-2,11-16,18-19H2/b10-5+/t22-,25+/m0/s1. The lowest BCUT2D eigenvalue weighted by Crippen LogP contribution is -2.40. The van der Waals surface area contributed by atoms with Crippen LogP contribution < -0.4 is 4.74 Å². The van der Waals surface area contributed by atoms with Crippen LogP contribution in [0.25, 0.3) is 6.08 Å². The highest BCUT2D eigenvalue weighted by Crippen LogP contribution is 2.33. The Hall–Kier alpha value is -3.40. The number of hydrogen-bond donors (Lipinski definition) is 0. The number of fused-ring (bicyclic) bond motifs is 1. The van der Waals surface area contributed by atoms with Gasteiger partial charge in [-0.15, -0.1) is 13.2 Å². The van der Waals surface area contributed by atoms with Gasteiger partial charge >= 0.3 is 6.36 Å². The van der Waals surface area contributed by atoms with Crippen molar-refractivity contribution in [3.8, 4) is 5.75 Å². The fourth-order valence-electron chi connectivity index (χ4n) is 5.59. The third kappa shape index (κ3) is 6.35. The van der Waals surface area contributed by atoms with E-state index in [-0.39, 0.29) is 29.5 Å². The number of carbonyl (C=O) groups excluding carboxylic acids is 2. The zero-order chi connectivity index (χ0) is 26.7. The van der Waals surface area contributed by atoms with Crippen molar-refractivity contribution in [1.29, 1.82) is 0 Å². The van der Waals surface area contributed by atoms with Crippen LogP contribution in [0, 0.1) is 5.92 Å². The molecule has 2 atom stereocenters. The number of carbonyl (C=O) groups is 2. The summed E-state index contributed by atoms with van der Waals surface area (Å²) >= 11 is 0. The number of alkyl halides is 3. The number of aromatic nitrogens is 1. The molecular weight excluding hydrogens is 497 g/mol. The summed E-state index contributed by atoms with van der Waals surface area (Å²) in [6.07, 6.45) is 4.13. The minimum Gasteiger partial charge on any atom is -0.406 e. The second-order valence-corrected chi connectivity index (χ2v) is 10.1. The van der Waals surface area contributed by atoms with E-state index in [4.69, 9.17) is 0 Å². The molecule has 5 rings (SSSR count). The second-order valence-electron chi connectivity index (χ2n) is 10.1. The van der Waals surface area contributed by atoms with E-state index in [1.165, 1.54) is 43.2 Å². The van der Waals surface area contributed by atoms with Gasteiger partial charge < -0.3 is 19.4 Å². The summed E-state index contributed by atoms with van der Waals surface area (Å²) in [5, 5.41) is 0. The largest absolute Gasteiger partial charge is 0.573 e. The van der Waals surface area contributed by atoms with Crippen LogP contribution in [-0.4, -0.2) is 83.2 Å². The minimum atomic E-state index is -4.75. The van der Waals surface area contributed by atoms with Crippen molar-refractivity contribution in [3.05, 3.63) is 65.5 Å². The Morgan fingerprint density at radius 3 is 2.47 bits per heavy atom. The first-order valence-electron chi connectivity index (χ1n) is 13.1. The predicted octanol–water partition coefficient (Wildman–Crippen LogP) is 4.00. The van der Waals surface area contributed by atoms with Gasteiger partial charge in [0.15, 0.2) is 0 Å². The summed E-state index contributed by atoms with van der Waals surface area (Å²) in [5.74, 6) is -0.332. The van der Waals surface area contributed by atoms with Gasteiger partial charge in [0, 0.05) is 56.5 Å². The van der Waals surface area contributed by atoms with Crippen molar-refractivity contribution in [3.63, 3.8) is 0 Å². The molecule has 0 spiro atoms. The van der Waals surface area contributed by atoms with Crippen molar-refractivity contribution < 1.29 is 27.5 Å². The summed E-state index contributed by atoms with van der Waals surface area (Å²) in [5.41, 5.74) is 2.14. The van der Waals surface area contributed by atoms with Crippen molar-refractivity contribution in [1.82, 2.24) is 19.7 Å². The van der Waals surface area contributed by atoms with E-state index in [9.17, 15) is 22.8 Å². The molecule has 0 radical (unpaired) electrons. The van der Waals surface area contributed by atoms with Gasteiger partial charge in [0.2, 0.25) is 5.91 Å². The molecule has 1 aromatic carbocycles. The van der Waals surface area contributed by atoms with Crippen molar-refractivity contribution in [2.45, 2.75) is 38.1 Å². The highest BCUT2D eigenvalue weighted by atomic mass is 19.4. The highest BCUT2D eigenvalue weighted by molar-refractivity contribution is 5.95. The Bertz CT molecular complexity index is 1160.